The molecule has 1 heterocycles. The monoisotopic (exact) mass is 391 g/mol. The van der Waals surface area contributed by atoms with Gasteiger partial charge in [-0.25, -0.2) is 0 Å². The minimum absolute atomic E-state index is 0.0802. The number of carbonyl (C=O) groups is 2. The Balaban J connectivity index is 1.62. The van der Waals surface area contributed by atoms with Gasteiger partial charge in [0.1, 0.15) is 6.54 Å². The van der Waals surface area contributed by atoms with Gasteiger partial charge in [0, 0.05) is 19.5 Å². The zero-order chi connectivity index (χ0) is 20.1. The largest absolute Gasteiger partial charge is 0.405 e. The molecular weight excluding hydrogens is 371 g/mol. The molecular formula is C20H20F3N3O2. The van der Waals surface area contributed by atoms with Crippen molar-refractivity contribution in [1.29, 1.82) is 0 Å². The van der Waals surface area contributed by atoms with Crippen LogP contribution in [0, 0.1) is 5.92 Å². The zero-order valence-corrected chi connectivity index (χ0v) is 15.0. The molecule has 1 fully saturated rings. The highest BCUT2D eigenvalue weighted by Gasteiger charge is 2.34. The van der Waals surface area contributed by atoms with Crippen LogP contribution in [0.15, 0.2) is 54.6 Å². The first kappa shape index (κ1) is 19.7. The van der Waals surface area contributed by atoms with Gasteiger partial charge in [-0.1, -0.05) is 42.5 Å². The van der Waals surface area contributed by atoms with Gasteiger partial charge in [-0.3, -0.25) is 9.59 Å². The van der Waals surface area contributed by atoms with E-state index in [2.05, 4.69) is 10.6 Å². The molecule has 3 rings (SSSR count). The molecule has 0 aromatic heterocycles. The summed E-state index contributed by atoms with van der Waals surface area (Å²) in [5.41, 5.74) is 1.41. The Morgan fingerprint density at radius 1 is 1.04 bits per heavy atom. The van der Waals surface area contributed by atoms with Crippen LogP contribution in [0.5, 0.6) is 0 Å². The summed E-state index contributed by atoms with van der Waals surface area (Å²) in [6.07, 6.45) is -4.29. The number of rotatable bonds is 6. The van der Waals surface area contributed by atoms with E-state index in [9.17, 15) is 22.8 Å². The number of benzene rings is 2. The Labute approximate surface area is 160 Å². The van der Waals surface area contributed by atoms with Crippen LogP contribution in [0.1, 0.15) is 12.0 Å². The van der Waals surface area contributed by atoms with Gasteiger partial charge in [-0.2, -0.15) is 13.2 Å². The molecule has 1 aliphatic rings. The summed E-state index contributed by atoms with van der Waals surface area (Å²) in [5.74, 6) is -1.05. The predicted octanol–water partition coefficient (Wildman–Crippen LogP) is 3.65. The van der Waals surface area contributed by atoms with Crippen LogP contribution in [0.4, 0.5) is 24.5 Å². The fourth-order valence-corrected chi connectivity index (χ4v) is 3.08. The highest BCUT2D eigenvalue weighted by molar-refractivity contribution is 5.99. The number of para-hydroxylation sites is 2. The van der Waals surface area contributed by atoms with Crippen molar-refractivity contribution in [3.05, 3.63) is 60.2 Å². The summed E-state index contributed by atoms with van der Waals surface area (Å²) < 4.78 is 37.4. The van der Waals surface area contributed by atoms with E-state index in [1.165, 1.54) is 12.1 Å². The van der Waals surface area contributed by atoms with Gasteiger partial charge in [-0.15, -0.1) is 0 Å². The van der Waals surface area contributed by atoms with Crippen molar-refractivity contribution in [3.63, 3.8) is 0 Å². The van der Waals surface area contributed by atoms with E-state index in [4.69, 9.17) is 0 Å². The summed E-state index contributed by atoms with van der Waals surface area (Å²) in [6.45, 7) is -0.502. The predicted molar refractivity (Wildman–Crippen MR) is 99.6 cm³/mol. The average molecular weight is 391 g/mol. The molecule has 28 heavy (non-hydrogen) atoms. The van der Waals surface area contributed by atoms with Gasteiger partial charge >= 0.3 is 6.18 Å². The summed E-state index contributed by atoms with van der Waals surface area (Å²) in [5, 5.41) is 4.93. The summed E-state index contributed by atoms with van der Waals surface area (Å²) in [7, 11) is 0. The van der Waals surface area contributed by atoms with Gasteiger partial charge in [0.25, 0.3) is 0 Å². The third kappa shape index (κ3) is 5.25. The van der Waals surface area contributed by atoms with Crippen LogP contribution in [0.2, 0.25) is 0 Å². The van der Waals surface area contributed by atoms with Crippen LogP contribution in [-0.4, -0.2) is 36.0 Å². The highest BCUT2D eigenvalue weighted by atomic mass is 19.4. The number of likely N-dealkylation sites (tertiary alicyclic amines) is 1. The van der Waals surface area contributed by atoms with Crippen molar-refractivity contribution in [1.82, 2.24) is 4.90 Å². The molecule has 0 spiro atoms. The van der Waals surface area contributed by atoms with Gasteiger partial charge < -0.3 is 15.5 Å². The number of anilines is 2. The number of hydrogen-bond donors (Lipinski definition) is 2. The minimum atomic E-state index is -4.37. The molecule has 1 aliphatic heterocycles. The molecule has 2 aromatic rings. The molecule has 2 amide bonds. The topological polar surface area (TPSA) is 61.4 Å². The van der Waals surface area contributed by atoms with Gasteiger partial charge in [0.2, 0.25) is 11.8 Å². The van der Waals surface area contributed by atoms with Crippen molar-refractivity contribution in [3.8, 4) is 0 Å². The lowest BCUT2D eigenvalue weighted by Gasteiger charge is -2.18. The number of nitrogens with zero attached hydrogens (tertiary/aromatic N) is 1. The van der Waals surface area contributed by atoms with E-state index in [1.807, 2.05) is 30.3 Å². The lowest BCUT2D eigenvalue weighted by atomic mass is 10.1. The van der Waals surface area contributed by atoms with Crippen LogP contribution in [-0.2, 0) is 16.1 Å². The van der Waals surface area contributed by atoms with Crippen LogP contribution < -0.4 is 10.6 Å². The molecule has 1 unspecified atom stereocenters. The third-order valence-electron chi connectivity index (χ3n) is 4.47. The second kappa shape index (κ2) is 8.33. The number of alkyl halides is 3. The normalized spacial score (nSPS) is 16.9. The lowest BCUT2D eigenvalue weighted by Crippen LogP contribution is -2.28. The molecule has 8 heteroatoms. The Kier molecular flexibility index (Phi) is 5.87. The van der Waals surface area contributed by atoms with Gasteiger partial charge in [-0.05, 0) is 17.7 Å². The van der Waals surface area contributed by atoms with Crippen molar-refractivity contribution in [2.75, 3.05) is 23.7 Å². The molecule has 148 valence electrons. The molecule has 2 N–H and O–H groups in total. The maximum atomic E-state index is 12.6. The first-order chi connectivity index (χ1) is 13.3. The molecule has 5 nitrogen and oxygen atoms in total. The fourth-order valence-electron chi connectivity index (χ4n) is 3.08. The molecule has 0 saturated carbocycles. The maximum Gasteiger partial charge on any atom is 0.405 e. The first-order valence-electron chi connectivity index (χ1n) is 8.84. The lowest BCUT2D eigenvalue weighted by molar-refractivity contribution is -0.128. The molecule has 0 bridgehead atoms. The van der Waals surface area contributed by atoms with Crippen LogP contribution in [0.3, 0.4) is 0 Å². The minimum Gasteiger partial charge on any atom is -0.375 e. The number of nitrogens with one attached hydrogen (secondary N) is 2. The molecule has 2 aromatic carbocycles. The number of amides is 2. The van der Waals surface area contributed by atoms with E-state index in [1.54, 1.807) is 17.0 Å². The molecule has 1 saturated heterocycles. The van der Waals surface area contributed by atoms with Crippen molar-refractivity contribution in [2.24, 2.45) is 5.92 Å². The van der Waals surface area contributed by atoms with Crippen LogP contribution in [0.25, 0.3) is 0 Å². The number of carbonyl (C=O) groups excluding carboxylic acids is 2. The molecule has 1 atom stereocenters. The van der Waals surface area contributed by atoms with Crippen molar-refractivity contribution >= 4 is 23.2 Å². The first-order valence-corrected chi connectivity index (χ1v) is 8.84. The quantitative estimate of drug-likeness (QED) is 0.790. The Morgan fingerprint density at radius 2 is 1.68 bits per heavy atom. The van der Waals surface area contributed by atoms with E-state index in [0.717, 1.165) is 5.56 Å². The smallest absolute Gasteiger partial charge is 0.375 e. The van der Waals surface area contributed by atoms with Gasteiger partial charge in [0.05, 0.1) is 17.3 Å². The van der Waals surface area contributed by atoms with Crippen molar-refractivity contribution in [2.45, 2.75) is 19.1 Å². The zero-order valence-electron chi connectivity index (χ0n) is 15.0. The van der Waals surface area contributed by atoms with E-state index >= 15 is 0 Å². The van der Waals surface area contributed by atoms with Crippen LogP contribution >= 0.6 is 0 Å². The Bertz CT molecular complexity index is 840. The summed E-state index contributed by atoms with van der Waals surface area (Å²) in [4.78, 5) is 26.4. The average Bonchev–Trinajstić information content (AvgIpc) is 3.02. The standard InChI is InChI=1S/C20H20F3N3O2/c21-20(22,23)13-24-16-8-4-5-9-17(16)25-19(28)15-10-18(27)26(12-15)11-14-6-2-1-3-7-14/h1-9,15,24H,10-13H2,(H,25,28). The summed E-state index contributed by atoms with van der Waals surface area (Å²) >= 11 is 0. The summed E-state index contributed by atoms with van der Waals surface area (Å²) in [6, 6.07) is 15.6. The maximum absolute atomic E-state index is 12.6. The van der Waals surface area contributed by atoms with E-state index < -0.39 is 18.6 Å². The Hall–Kier alpha value is -3.03. The van der Waals surface area contributed by atoms with Crippen molar-refractivity contribution < 1.29 is 22.8 Å². The molecule has 0 aliphatic carbocycles. The third-order valence-corrected chi connectivity index (χ3v) is 4.47. The second-order valence-corrected chi connectivity index (χ2v) is 6.66. The van der Waals surface area contributed by atoms with E-state index in [-0.39, 0.29) is 36.2 Å². The van der Waals surface area contributed by atoms with Gasteiger partial charge in [0.15, 0.2) is 0 Å². The SMILES string of the molecule is O=C(Nc1ccccc1NCC(F)(F)F)C1CC(=O)N(Cc2ccccc2)C1. The number of halogens is 3. The Morgan fingerprint density at radius 3 is 2.36 bits per heavy atom. The molecule has 0 radical (unpaired) electrons. The highest BCUT2D eigenvalue weighted by Crippen LogP contribution is 2.26. The van der Waals surface area contributed by atoms with E-state index in [0.29, 0.717) is 6.54 Å². The fraction of sp³-hybridized carbons (Fsp3) is 0.300. The second-order valence-electron chi connectivity index (χ2n) is 6.66. The number of hydrogen-bond acceptors (Lipinski definition) is 3.